The predicted octanol–water partition coefficient (Wildman–Crippen LogP) is 1.98. The molecule has 1 unspecified atom stereocenters. The zero-order chi connectivity index (χ0) is 18.2. The van der Waals surface area contributed by atoms with E-state index in [-0.39, 0.29) is 23.3 Å². The number of rotatable bonds is 5. The van der Waals surface area contributed by atoms with Crippen molar-refractivity contribution >= 4 is 17.5 Å². The Hall–Kier alpha value is -1.88. The number of fused-ring (bicyclic) bond motifs is 1. The summed E-state index contributed by atoms with van der Waals surface area (Å²) in [5.74, 6) is -0.240. The highest BCUT2D eigenvalue weighted by Crippen LogP contribution is 2.30. The molecule has 1 atom stereocenters. The highest BCUT2D eigenvalue weighted by Gasteiger charge is 2.36. The Balaban J connectivity index is 1.63. The van der Waals surface area contributed by atoms with Gasteiger partial charge in [0.25, 0.3) is 0 Å². The molecule has 1 N–H and O–H groups in total. The molecule has 0 spiro atoms. The molecule has 1 aliphatic carbocycles. The molecule has 0 radical (unpaired) electrons. The molecule has 3 rings (SSSR count). The maximum Gasteiger partial charge on any atom is 0.227 e. The minimum atomic E-state index is -0.265. The van der Waals surface area contributed by atoms with E-state index in [1.165, 1.54) is 17.5 Å². The summed E-state index contributed by atoms with van der Waals surface area (Å²) in [6.45, 7) is 5.22. The Bertz CT molecular complexity index is 682. The van der Waals surface area contributed by atoms with Gasteiger partial charge in [0.2, 0.25) is 11.8 Å². The molecule has 1 aromatic carbocycles. The summed E-state index contributed by atoms with van der Waals surface area (Å²) in [7, 11) is 4.00. The van der Waals surface area contributed by atoms with Gasteiger partial charge in [-0.05, 0) is 70.5 Å². The molecule has 0 bridgehead atoms. The fraction of sp³-hybridized carbons (Fsp3) is 0.600. The third-order valence-corrected chi connectivity index (χ3v) is 5.80. The van der Waals surface area contributed by atoms with Gasteiger partial charge in [-0.25, -0.2) is 0 Å². The van der Waals surface area contributed by atoms with Crippen molar-refractivity contribution in [2.75, 3.05) is 32.1 Å². The summed E-state index contributed by atoms with van der Waals surface area (Å²) < 4.78 is 0. The van der Waals surface area contributed by atoms with Crippen LogP contribution in [-0.2, 0) is 22.4 Å². The minimum Gasteiger partial charge on any atom is -0.354 e. The average Bonchev–Trinajstić information content (AvgIpc) is 3.18. The summed E-state index contributed by atoms with van der Waals surface area (Å²) in [6, 6.07) is 6.30. The molecule has 2 amide bonds. The molecule has 25 heavy (non-hydrogen) atoms. The van der Waals surface area contributed by atoms with Crippen LogP contribution in [0.15, 0.2) is 18.2 Å². The second kappa shape index (κ2) is 6.79. The van der Waals surface area contributed by atoms with Gasteiger partial charge in [0, 0.05) is 30.7 Å². The van der Waals surface area contributed by atoms with E-state index in [4.69, 9.17) is 0 Å². The molecular formula is C20H29N3O2. The van der Waals surface area contributed by atoms with Crippen LogP contribution in [0.1, 0.15) is 37.8 Å². The van der Waals surface area contributed by atoms with Crippen LogP contribution in [0.5, 0.6) is 0 Å². The molecule has 0 saturated carbocycles. The van der Waals surface area contributed by atoms with Crippen LogP contribution in [0.25, 0.3) is 0 Å². The van der Waals surface area contributed by atoms with E-state index in [1.807, 2.05) is 20.2 Å². The fourth-order valence-corrected chi connectivity index (χ4v) is 3.46. The van der Waals surface area contributed by atoms with Crippen molar-refractivity contribution in [2.24, 2.45) is 5.92 Å². The molecule has 136 valence electrons. The van der Waals surface area contributed by atoms with Gasteiger partial charge in [0.05, 0.1) is 5.92 Å². The molecule has 5 heteroatoms. The summed E-state index contributed by atoms with van der Waals surface area (Å²) in [5.41, 5.74) is 3.58. The second-order valence-corrected chi connectivity index (χ2v) is 8.14. The van der Waals surface area contributed by atoms with Crippen LogP contribution in [0, 0.1) is 5.92 Å². The van der Waals surface area contributed by atoms with Crippen molar-refractivity contribution in [3.05, 3.63) is 29.3 Å². The average molecular weight is 343 g/mol. The lowest BCUT2D eigenvalue weighted by Gasteiger charge is -2.33. The number of hydrogen-bond acceptors (Lipinski definition) is 3. The second-order valence-electron chi connectivity index (χ2n) is 8.14. The first-order chi connectivity index (χ1) is 11.8. The molecular weight excluding hydrogens is 314 g/mol. The Labute approximate surface area is 150 Å². The fourth-order valence-electron chi connectivity index (χ4n) is 3.46. The van der Waals surface area contributed by atoms with Crippen molar-refractivity contribution in [3.63, 3.8) is 0 Å². The predicted molar refractivity (Wildman–Crippen MR) is 99.7 cm³/mol. The van der Waals surface area contributed by atoms with Crippen LogP contribution in [0.2, 0.25) is 0 Å². The topological polar surface area (TPSA) is 52.7 Å². The monoisotopic (exact) mass is 343 g/mol. The molecule has 0 aromatic heterocycles. The van der Waals surface area contributed by atoms with E-state index >= 15 is 0 Å². The van der Waals surface area contributed by atoms with Crippen LogP contribution >= 0.6 is 0 Å². The van der Waals surface area contributed by atoms with Gasteiger partial charge in [-0.1, -0.05) is 6.07 Å². The number of benzene rings is 1. The van der Waals surface area contributed by atoms with E-state index < -0.39 is 0 Å². The highest BCUT2D eigenvalue weighted by molar-refractivity contribution is 6.00. The van der Waals surface area contributed by atoms with E-state index in [1.54, 1.807) is 4.90 Å². The van der Waals surface area contributed by atoms with Crippen molar-refractivity contribution < 1.29 is 9.59 Å². The summed E-state index contributed by atoms with van der Waals surface area (Å²) in [5, 5.41) is 3.02. The van der Waals surface area contributed by atoms with E-state index in [2.05, 4.69) is 36.2 Å². The number of nitrogens with zero attached hydrogens (tertiary/aromatic N) is 2. The maximum absolute atomic E-state index is 12.5. The first-order valence-electron chi connectivity index (χ1n) is 9.15. The summed E-state index contributed by atoms with van der Waals surface area (Å²) in [4.78, 5) is 28.8. The SMILES string of the molecule is CN(C)C(C)(C)CNC(=O)C1CC(=O)N(c2ccc3c(c2)CCC3)C1. The first kappa shape index (κ1) is 17.9. The molecule has 2 aliphatic rings. The van der Waals surface area contributed by atoms with Crippen molar-refractivity contribution in [3.8, 4) is 0 Å². The largest absolute Gasteiger partial charge is 0.354 e. The lowest BCUT2D eigenvalue weighted by molar-refractivity contribution is -0.126. The third kappa shape index (κ3) is 3.71. The minimum absolute atomic E-state index is 0.0214. The lowest BCUT2D eigenvalue weighted by Crippen LogP contribution is -2.49. The van der Waals surface area contributed by atoms with Crippen LogP contribution in [0.4, 0.5) is 5.69 Å². The number of amides is 2. The van der Waals surface area contributed by atoms with Crippen LogP contribution in [-0.4, -0.2) is 49.4 Å². The van der Waals surface area contributed by atoms with Gasteiger partial charge < -0.3 is 15.1 Å². The quantitative estimate of drug-likeness (QED) is 0.889. The van der Waals surface area contributed by atoms with E-state index in [9.17, 15) is 9.59 Å². The Morgan fingerprint density at radius 2 is 2.00 bits per heavy atom. The molecule has 1 aliphatic heterocycles. The summed E-state index contributed by atoms with van der Waals surface area (Å²) >= 11 is 0. The van der Waals surface area contributed by atoms with Gasteiger partial charge >= 0.3 is 0 Å². The number of hydrogen-bond donors (Lipinski definition) is 1. The molecule has 5 nitrogen and oxygen atoms in total. The van der Waals surface area contributed by atoms with Gasteiger partial charge in [0.15, 0.2) is 0 Å². The standard InChI is InChI=1S/C20H29N3O2/c1-20(2,22(3)4)13-21-19(25)16-11-18(24)23(12-16)17-9-8-14-6-5-7-15(14)10-17/h8-10,16H,5-7,11-13H2,1-4H3,(H,21,25). The number of carbonyl (C=O) groups excluding carboxylic acids is 2. The van der Waals surface area contributed by atoms with Crippen molar-refractivity contribution in [1.29, 1.82) is 0 Å². The zero-order valence-corrected chi connectivity index (χ0v) is 15.8. The van der Waals surface area contributed by atoms with Crippen molar-refractivity contribution in [1.82, 2.24) is 10.2 Å². The highest BCUT2D eigenvalue weighted by atomic mass is 16.2. The smallest absolute Gasteiger partial charge is 0.227 e. The van der Waals surface area contributed by atoms with Crippen LogP contribution < -0.4 is 10.2 Å². The number of aryl methyl sites for hydroxylation is 2. The normalized spacial score (nSPS) is 20.3. The Morgan fingerprint density at radius 1 is 1.28 bits per heavy atom. The zero-order valence-electron chi connectivity index (χ0n) is 15.8. The maximum atomic E-state index is 12.5. The van der Waals surface area contributed by atoms with Gasteiger partial charge in [-0.3, -0.25) is 9.59 Å². The van der Waals surface area contributed by atoms with Crippen molar-refractivity contribution in [2.45, 2.75) is 45.1 Å². The Morgan fingerprint density at radius 3 is 2.72 bits per heavy atom. The van der Waals surface area contributed by atoms with E-state index in [0.717, 1.165) is 18.5 Å². The number of carbonyl (C=O) groups is 2. The molecule has 1 fully saturated rings. The first-order valence-corrected chi connectivity index (χ1v) is 9.15. The molecule has 1 saturated heterocycles. The third-order valence-electron chi connectivity index (χ3n) is 5.80. The van der Waals surface area contributed by atoms with Gasteiger partial charge in [0.1, 0.15) is 0 Å². The van der Waals surface area contributed by atoms with Gasteiger partial charge in [-0.2, -0.15) is 0 Å². The molecule has 1 aromatic rings. The number of nitrogens with one attached hydrogen (secondary N) is 1. The van der Waals surface area contributed by atoms with Gasteiger partial charge in [-0.15, -0.1) is 0 Å². The van der Waals surface area contributed by atoms with E-state index in [0.29, 0.717) is 19.5 Å². The van der Waals surface area contributed by atoms with Crippen LogP contribution in [0.3, 0.4) is 0 Å². The lowest BCUT2D eigenvalue weighted by atomic mass is 10.0. The number of anilines is 1. The number of likely N-dealkylation sites (N-methyl/N-ethyl adjacent to an activating group) is 1. The molecule has 1 heterocycles. The Kier molecular flexibility index (Phi) is 4.87. The summed E-state index contributed by atoms with van der Waals surface area (Å²) in [6.07, 6.45) is 3.72.